The molecule has 106 valence electrons. The Labute approximate surface area is 114 Å². The Balaban J connectivity index is 2.35. The fraction of sp³-hybridized carbons (Fsp3) is 0.615. The van der Waals surface area contributed by atoms with Gasteiger partial charge in [-0.15, -0.1) is 0 Å². The maximum Gasteiger partial charge on any atom is 0.230 e. The predicted molar refractivity (Wildman–Crippen MR) is 75.1 cm³/mol. The van der Waals surface area contributed by atoms with E-state index in [1.54, 1.807) is 12.3 Å². The highest BCUT2D eigenvalue weighted by Gasteiger charge is 2.28. The van der Waals surface area contributed by atoms with Crippen molar-refractivity contribution in [2.75, 3.05) is 11.0 Å². The first-order chi connectivity index (χ1) is 8.65. The summed E-state index contributed by atoms with van der Waals surface area (Å²) in [5.41, 5.74) is 0.888. The van der Waals surface area contributed by atoms with Crippen LogP contribution in [0.3, 0.4) is 0 Å². The van der Waals surface area contributed by atoms with E-state index in [4.69, 9.17) is 4.74 Å². The van der Waals surface area contributed by atoms with Gasteiger partial charge in [0.25, 0.3) is 0 Å². The van der Waals surface area contributed by atoms with Gasteiger partial charge in [0.15, 0.2) is 0 Å². The van der Waals surface area contributed by atoms with Gasteiger partial charge < -0.3 is 4.74 Å². The molecule has 19 heavy (non-hydrogen) atoms. The minimum absolute atomic E-state index is 0.0964. The van der Waals surface area contributed by atoms with Gasteiger partial charge in [-0.25, -0.2) is 13.4 Å². The number of pyridine rings is 1. The van der Waals surface area contributed by atoms with Crippen molar-refractivity contribution < 1.29 is 13.2 Å². The van der Waals surface area contributed by atoms with Crippen molar-refractivity contribution in [3.63, 3.8) is 0 Å². The van der Waals surface area contributed by atoms with Gasteiger partial charge >= 0.3 is 0 Å². The molecule has 1 heterocycles. The van der Waals surface area contributed by atoms with E-state index < -0.39 is 10.0 Å². The molecular formula is C13H20N2O3S. The number of nitrogens with zero attached hydrogens (tertiary/aromatic N) is 1. The number of anilines is 1. The molecule has 1 aliphatic rings. The van der Waals surface area contributed by atoms with Crippen molar-refractivity contribution >= 4 is 15.8 Å². The van der Waals surface area contributed by atoms with Crippen molar-refractivity contribution in [1.82, 2.24) is 4.98 Å². The average molecular weight is 284 g/mol. The molecule has 0 saturated heterocycles. The Hall–Kier alpha value is -1.30. The molecule has 1 fully saturated rings. The smallest absolute Gasteiger partial charge is 0.230 e. The Morgan fingerprint density at radius 1 is 1.37 bits per heavy atom. The number of hydrogen-bond acceptors (Lipinski definition) is 4. The van der Waals surface area contributed by atoms with E-state index in [1.807, 2.05) is 0 Å². The van der Waals surface area contributed by atoms with Crippen molar-refractivity contribution in [3.8, 4) is 5.75 Å². The summed E-state index contributed by atoms with van der Waals surface area (Å²) in [5.74, 6) is 1.02. The van der Waals surface area contributed by atoms with Gasteiger partial charge in [0.05, 0.1) is 12.4 Å². The molecule has 0 atom stereocenters. The highest BCUT2D eigenvalue weighted by atomic mass is 32.2. The standard InChI is InChI=1S/C13H20N2O3S/c1-13(2,3)10-8-14-12(15-19(4,16)17)7-11(10)18-9-5-6-9/h7-9H,5-6H2,1-4H3,(H,14,15). The van der Waals surface area contributed by atoms with Crippen LogP contribution in [0.4, 0.5) is 5.82 Å². The third-order valence-corrected chi connectivity index (χ3v) is 3.36. The first-order valence-electron chi connectivity index (χ1n) is 6.30. The Morgan fingerprint density at radius 2 is 2.00 bits per heavy atom. The summed E-state index contributed by atoms with van der Waals surface area (Å²) >= 11 is 0. The largest absolute Gasteiger partial charge is 0.490 e. The number of nitrogens with one attached hydrogen (secondary N) is 1. The fourth-order valence-corrected chi connectivity index (χ4v) is 2.20. The lowest BCUT2D eigenvalue weighted by Crippen LogP contribution is -2.16. The topological polar surface area (TPSA) is 68.3 Å². The molecule has 6 heteroatoms. The zero-order valence-electron chi connectivity index (χ0n) is 11.7. The van der Waals surface area contributed by atoms with Gasteiger partial charge in [-0.2, -0.15) is 0 Å². The second-order valence-electron chi connectivity index (χ2n) is 6.01. The van der Waals surface area contributed by atoms with Crippen LogP contribution in [0.25, 0.3) is 0 Å². The summed E-state index contributed by atoms with van der Waals surface area (Å²) in [6.45, 7) is 6.23. The molecule has 1 aromatic rings. The van der Waals surface area contributed by atoms with Gasteiger partial charge in [0, 0.05) is 17.8 Å². The van der Waals surface area contributed by atoms with Gasteiger partial charge in [-0.1, -0.05) is 20.8 Å². The number of sulfonamides is 1. The number of hydrogen-bond donors (Lipinski definition) is 1. The molecular weight excluding hydrogens is 264 g/mol. The molecule has 0 unspecified atom stereocenters. The third-order valence-electron chi connectivity index (χ3n) is 2.78. The summed E-state index contributed by atoms with van der Waals surface area (Å²) in [6, 6.07) is 1.67. The second kappa shape index (κ2) is 4.67. The van der Waals surface area contributed by atoms with Crippen LogP contribution in [-0.2, 0) is 15.4 Å². The van der Waals surface area contributed by atoms with Crippen LogP contribution in [0, 0.1) is 0 Å². The summed E-state index contributed by atoms with van der Waals surface area (Å²) < 4.78 is 30.7. The van der Waals surface area contributed by atoms with E-state index in [0.29, 0.717) is 5.82 Å². The van der Waals surface area contributed by atoms with Crippen molar-refractivity contribution in [3.05, 3.63) is 17.8 Å². The molecule has 2 rings (SSSR count). The van der Waals surface area contributed by atoms with Crippen LogP contribution < -0.4 is 9.46 Å². The molecule has 0 spiro atoms. The molecule has 1 N–H and O–H groups in total. The highest BCUT2D eigenvalue weighted by molar-refractivity contribution is 7.92. The molecule has 5 nitrogen and oxygen atoms in total. The zero-order valence-corrected chi connectivity index (χ0v) is 12.5. The van der Waals surface area contributed by atoms with Crippen LogP contribution in [0.5, 0.6) is 5.75 Å². The van der Waals surface area contributed by atoms with E-state index in [1.165, 1.54) is 0 Å². The monoisotopic (exact) mass is 284 g/mol. The molecule has 1 aliphatic carbocycles. The molecule has 0 amide bonds. The molecule has 0 aromatic carbocycles. The van der Waals surface area contributed by atoms with Crippen LogP contribution in [0.15, 0.2) is 12.3 Å². The second-order valence-corrected chi connectivity index (χ2v) is 7.76. The van der Waals surface area contributed by atoms with Gasteiger partial charge in [0.1, 0.15) is 11.6 Å². The molecule has 1 aromatic heterocycles. The molecule has 1 saturated carbocycles. The van der Waals surface area contributed by atoms with E-state index in [-0.39, 0.29) is 11.5 Å². The van der Waals surface area contributed by atoms with Gasteiger partial charge in [-0.05, 0) is 18.3 Å². The maximum absolute atomic E-state index is 11.2. The highest BCUT2D eigenvalue weighted by Crippen LogP contribution is 2.36. The summed E-state index contributed by atoms with van der Waals surface area (Å²) in [6.07, 6.45) is 5.16. The first kappa shape index (κ1) is 14.1. The lowest BCUT2D eigenvalue weighted by atomic mass is 9.87. The quantitative estimate of drug-likeness (QED) is 0.921. The van der Waals surface area contributed by atoms with E-state index in [2.05, 4.69) is 30.5 Å². The minimum Gasteiger partial charge on any atom is -0.490 e. The number of ether oxygens (including phenoxy) is 1. The van der Waals surface area contributed by atoms with Crippen LogP contribution in [-0.4, -0.2) is 25.8 Å². The number of aromatic nitrogens is 1. The number of rotatable bonds is 4. The predicted octanol–water partition coefficient (Wildman–Crippen LogP) is 2.29. The van der Waals surface area contributed by atoms with Gasteiger partial charge in [0.2, 0.25) is 10.0 Å². The normalized spacial score (nSPS) is 16.2. The maximum atomic E-state index is 11.2. The van der Waals surface area contributed by atoms with Crippen molar-refractivity contribution in [2.45, 2.75) is 45.1 Å². The SMILES string of the molecule is CC(C)(C)c1cnc(NS(C)(=O)=O)cc1OC1CC1. The lowest BCUT2D eigenvalue weighted by molar-refractivity contribution is 0.294. The summed E-state index contributed by atoms with van der Waals surface area (Å²) in [5, 5.41) is 0. The summed E-state index contributed by atoms with van der Waals surface area (Å²) in [4.78, 5) is 4.15. The Bertz CT molecular complexity index is 572. The minimum atomic E-state index is -3.32. The fourth-order valence-electron chi connectivity index (χ4n) is 1.71. The van der Waals surface area contributed by atoms with Gasteiger partial charge in [-0.3, -0.25) is 4.72 Å². The average Bonchev–Trinajstić information content (AvgIpc) is 2.97. The third kappa shape index (κ3) is 4.09. The molecule has 0 aliphatic heterocycles. The van der Waals surface area contributed by atoms with E-state index in [9.17, 15) is 8.42 Å². The molecule has 0 radical (unpaired) electrons. The lowest BCUT2D eigenvalue weighted by Gasteiger charge is -2.22. The first-order valence-corrected chi connectivity index (χ1v) is 8.19. The van der Waals surface area contributed by atoms with Crippen LogP contribution in [0.1, 0.15) is 39.2 Å². The Kier molecular flexibility index (Phi) is 3.47. The van der Waals surface area contributed by atoms with Crippen molar-refractivity contribution in [1.29, 1.82) is 0 Å². The molecule has 0 bridgehead atoms. The Morgan fingerprint density at radius 3 is 2.47 bits per heavy atom. The van der Waals surface area contributed by atoms with E-state index in [0.717, 1.165) is 30.4 Å². The van der Waals surface area contributed by atoms with Crippen LogP contribution in [0.2, 0.25) is 0 Å². The zero-order chi connectivity index (χ0) is 14.3. The summed E-state index contributed by atoms with van der Waals surface area (Å²) in [7, 11) is -3.32. The van der Waals surface area contributed by atoms with E-state index >= 15 is 0 Å². The van der Waals surface area contributed by atoms with Crippen LogP contribution >= 0.6 is 0 Å². The van der Waals surface area contributed by atoms with Crippen molar-refractivity contribution in [2.24, 2.45) is 0 Å².